The van der Waals surface area contributed by atoms with Gasteiger partial charge in [-0.1, -0.05) is 71.3 Å². The van der Waals surface area contributed by atoms with E-state index in [4.69, 9.17) is 21.3 Å². The summed E-state index contributed by atoms with van der Waals surface area (Å²) in [5, 5.41) is 0.680. The van der Waals surface area contributed by atoms with Crippen LogP contribution < -0.4 is 4.74 Å². The first-order chi connectivity index (χ1) is 14.1. The zero-order chi connectivity index (χ0) is 20.0. The smallest absolute Gasteiger partial charge is 0.129 e. The molecule has 0 saturated heterocycles. The minimum atomic E-state index is 0.494. The van der Waals surface area contributed by atoms with Crippen molar-refractivity contribution in [1.29, 1.82) is 0 Å². The summed E-state index contributed by atoms with van der Waals surface area (Å²) >= 11 is 6.31. The van der Waals surface area contributed by atoms with Crippen LogP contribution in [-0.4, -0.2) is 4.98 Å². The quantitative estimate of drug-likeness (QED) is 0.355. The predicted molar refractivity (Wildman–Crippen MR) is 119 cm³/mol. The molecule has 3 heteroatoms. The summed E-state index contributed by atoms with van der Waals surface area (Å²) in [5.74, 6) is 0.824. The maximum atomic E-state index is 6.31. The molecule has 1 aromatic heterocycles. The van der Waals surface area contributed by atoms with E-state index in [2.05, 4.69) is 68.4 Å². The van der Waals surface area contributed by atoms with Gasteiger partial charge in [0.05, 0.1) is 11.4 Å². The Bertz CT molecular complexity index is 1210. The third kappa shape index (κ3) is 3.30. The second kappa shape index (κ2) is 7.06. The van der Waals surface area contributed by atoms with E-state index in [1.165, 1.54) is 11.1 Å². The first kappa shape index (κ1) is 18.0. The van der Waals surface area contributed by atoms with Crippen LogP contribution in [0.4, 0.5) is 0 Å². The van der Waals surface area contributed by atoms with E-state index < -0.39 is 0 Å². The largest absolute Gasteiger partial charge is 0.488 e. The third-order valence-corrected chi connectivity index (χ3v) is 5.64. The van der Waals surface area contributed by atoms with Crippen molar-refractivity contribution in [2.45, 2.75) is 20.5 Å². The average molecular weight is 398 g/mol. The molecule has 0 fully saturated rings. The summed E-state index contributed by atoms with van der Waals surface area (Å²) in [6, 6.07) is 25.0. The van der Waals surface area contributed by atoms with Crippen LogP contribution in [0.25, 0.3) is 33.6 Å². The van der Waals surface area contributed by atoms with Gasteiger partial charge in [0.15, 0.2) is 0 Å². The molecule has 1 aliphatic rings. The number of hydrogen-bond acceptors (Lipinski definition) is 2. The molecule has 0 N–H and O–H groups in total. The number of halogens is 1. The SMILES string of the molecule is Cc1ccc(-c2cc(-c3ccc(C)cc3)c3c(n2)-c2cc(Cl)ccc2OC3)cc1. The summed E-state index contributed by atoms with van der Waals surface area (Å²) in [7, 11) is 0. The number of nitrogens with zero attached hydrogens (tertiary/aromatic N) is 1. The van der Waals surface area contributed by atoms with Crippen molar-refractivity contribution in [3.63, 3.8) is 0 Å². The van der Waals surface area contributed by atoms with Gasteiger partial charge in [-0.25, -0.2) is 4.98 Å². The molecule has 0 saturated carbocycles. The van der Waals surface area contributed by atoms with Gasteiger partial charge in [-0.05, 0) is 49.2 Å². The molecule has 0 atom stereocenters. The number of fused-ring (bicyclic) bond motifs is 3. The molecule has 2 heterocycles. The molecule has 0 bridgehead atoms. The van der Waals surface area contributed by atoms with Gasteiger partial charge in [0.25, 0.3) is 0 Å². The van der Waals surface area contributed by atoms with Crippen LogP contribution in [0.5, 0.6) is 5.75 Å². The van der Waals surface area contributed by atoms with Gasteiger partial charge >= 0.3 is 0 Å². The van der Waals surface area contributed by atoms with Gasteiger partial charge in [-0.3, -0.25) is 0 Å². The number of aryl methyl sites for hydroxylation is 2. The number of ether oxygens (including phenoxy) is 1. The van der Waals surface area contributed by atoms with Crippen molar-refractivity contribution >= 4 is 11.6 Å². The van der Waals surface area contributed by atoms with Crippen molar-refractivity contribution in [3.05, 3.63) is 94.5 Å². The Morgan fingerprint density at radius 2 is 1.41 bits per heavy atom. The molecule has 5 rings (SSSR count). The fourth-order valence-electron chi connectivity index (χ4n) is 3.77. The highest BCUT2D eigenvalue weighted by atomic mass is 35.5. The molecule has 4 aromatic rings. The molecule has 0 spiro atoms. The van der Waals surface area contributed by atoms with Crippen LogP contribution in [0, 0.1) is 13.8 Å². The Balaban J connectivity index is 1.79. The Hall–Kier alpha value is -3.10. The van der Waals surface area contributed by atoms with Crippen LogP contribution in [-0.2, 0) is 6.61 Å². The predicted octanol–water partition coefficient (Wildman–Crippen LogP) is 7.25. The molecule has 142 valence electrons. The lowest BCUT2D eigenvalue weighted by Crippen LogP contribution is -2.09. The Labute approximate surface area is 175 Å². The Kier molecular flexibility index (Phi) is 4.37. The van der Waals surface area contributed by atoms with Gasteiger partial charge in [-0.2, -0.15) is 0 Å². The maximum absolute atomic E-state index is 6.31. The van der Waals surface area contributed by atoms with E-state index in [-0.39, 0.29) is 0 Å². The standard InChI is InChI=1S/C26H20ClNO/c1-16-3-7-18(8-4-16)21-14-24(19-9-5-17(2)6-10-19)28-26-22-13-20(27)11-12-25(22)29-15-23(21)26/h3-14H,15H2,1-2H3. The number of benzene rings is 3. The first-order valence-electron chi connectivity index (χ1n) is 9.69. The average Bonchev–Trinajstić information content (AvgIpc) is 2.74. The summed E-state index contributed by atoms with van der Waals surface area (Å²) in [4.78, 5) is 5.06. The Morgan fingerprint density at radius 3 is 2.10 bits per heavy atom. The van der Waals surface area contributed by atoms with Crippen molar-refractivity contribution < 1.29 is 4.74 Å². The van der Waals surface area contributed by atoms with E-state index in [9.17, 15) is 0 Å². The van der Waals surface area contributed by atoms with Gasteiger partial charge < -0.3 is 4.74 Å². The molecule has 0 radical (unpaired) electrons. The third-order valence-electron chi connectivity index (χ3n) is 5.40. The molecule has 0 aliphatic carbocycles. The van der Waals surface area contributed by atoms with E-state index in [1.807, 2.05) is 18.2 Å². The number of rotatable bonds is 2. The molecule has 3 aromatic carbocycles. The highest BCUT2D eigenvalue weighted by molar-refractivity contribution is 6.31. The van der Waals surface area contributed by atoms with Crippen LogP contribution in [0.2, 0.25) is 5.02 Å². The van der Waals surface area contributed by atoms with Crippen LogP contribution in [0.3, 0.4) is 0 Å². The second-order valence-corrected chi connectivity index (χ2v) is 7.98. The zero-order valence-electron chi connectivity index (χ0n) is 16.4. The minimum Gasteiger partial charge on any atom is -0.488 e. The summed E-state index contributed by atoms with van der Waals surface area (Å²) in [6.45, 7) is 4.69. The molecule has 29 heavy (non-hydrogen) atoms. The lowest BCUT2D eigenvalue weighted by atomic mass is 9.92. The summed E-state index contributed by atoms with van der Waals surface area (Å²) in [5.41, 5.74) is 9.82. The lowest BCUT2D eigenvalue weighted by molar-refractivity contribution is 0.302. The molecule has 0 unspecified atom stereocenters. The minimum absolute atomic E-state index is 0.494. The Morgan fingerprint density at radius 1 is 0.759 bits per heavy atom. The number of hydrogen-bond donors (Lipinski definition) is 0. The van der Waals surface area contributed by atoms with Crippen LogP contribution in [0.1, 0.15) is 16.7 Å². The van der Waals surface area contributed by atoms with E-state index >= 15 is 0 Å². The normalized spacial score (nSPS) is 12.1. The topological polar surface area (TPSA) is 22.1 Å². The zero-order valence-corrected chi connectivity index (χ0v) is 17.1. The molecular formula is C26H20ClNO. The van der Waals surface area contributed by atoms with Gasteiger partial charge in [0, 0.05) is 21.7 Å². The summed E-state index contributed by atoms with van der Waals surface area (Å²) in [6.07, 6.45) is 0. The monoisotopic (exact) mass is 397 g/mol. The van der Waals surface area contributed by atoms with Gasteiger partial charge in [0.2, 0.25) is 0 Å². The van der Waals surface area contributed by atoms with Crippen LogP contribution >= 0.6 is 11.6 Å². The second-order valence-electron chi connectivity index (χ2n) is 7.54. The molecule has 2 nitrogen and oxygen atoms in total. The van der Waals surface area contributed by atoms with Crippen molar-refractivity contribution in [2.24, 2.45) is 0 Å². The van der Waals surface area contributed by atoms with Crippen LogP contribution in [0.15, 0.2) is 72.8 Å². The molecular weight excluding hydrogens is 378 g/mol. The number of pyridine rings is 1. The molecule has 1 aliphatic heterocycles. The van der Waals surface area contributed by atoms with Gasteiger partial charge in [0.1, 0.15) is 12.4 Å². The lowest BCUT2D eigenvalue weighted by Gasteiger charge is -2.24. The number of aromatic nitrogens is 1. The highest BCUT2D eigenvalue weighted by Gasteiger charge is 2.24. The van der Waals surface area contributed by atoms with Crippen molar-refractivity contribution in [1.82, 2.24) is 4.98 Å². The van der Waals surface area contributed by atoms with Gasteiger partial charge in [-0.15, -0.1) is 0 Å². The van der Waals surface area contributed by atoms with E-state index in [0.717, 1.165) is 45.0 Å². The maximum Gasteiger partial charge on any atom is 0.129 e. The fourth-order valence-corrected chi connectivity index (χ4v) is 3.94. The summed E-state index contributed by atoms with van der Waals surface area (Å²) < 4.78 is 6.05. The highest BCUT2D eigenvalue weighted by Crippen LogP contribution is 2.43. The van der Waals surface area contributed by atoms with Crippen molar-refractivity contribution in [3.8, 4) is 39.4 Å². The molecule has 0 amide bonds. The fraction of sp³-hybridized carbons (Fsp3) is 0.115. The van der Waals surface area contributed by atoms with E-state index in [0.29, 0.717) is 11.6 Å². The van der Waals surface area contributed by atoms with E-state index in [1.54, 1.807) is 0 Å². The van der Waals surface area contributed by atoms with Crippen molar-refractivity contribution in [2.75, 3.05) is 0 Å². The first-order valence-corrected chi connectivity index (χ1v) is 10.1.